The number of amides is 1. The summed E-state index contributed by atoms with van der Waals surface area (Å²) >= 11 is 22.7. The average Bonchev–Trinajstić information content (AvgIpc) is 2.39. The molecule has 21 heavy (non-hydrogen) atoms. The summed E-state index contributed by atoms with van der Waals surface area (Å²) in [5, 5.41) is 3.79. The first-order valence-corrected chi connectivity index (χ1v) is 7.28. The van der Waals surface area contributed by atoms with Crippen LogP contribution in [0.15, 0.2) is 36.4 Å². The van der Waals surface area contributed by atoms with Crippen LogP contribution in [0.2, 0.25) is 15.1 Å². The molecule has 0 bridgehead atoms. The maximum Gasteiger partial charge on any atom is 0.255 e. The lowest BCUT2D eigenvalue weighted by Crippen LogP contribution is -2.14. The van der Waals surface area contributed by atoms with Gasteiger partial charge in [0.25, 0.3) is 5.91 Å². The first-order valence-electron chi connectivity index (χ1n) is 5.73. The van der Waals surface area contributed by atoms with E-state index in [1.54, 1.807) is 24.3 Å². The summed E-state index contributed by atoms with van der Waals surface area (Å²) in [5.74, 6) is -0.388. The Balaban J connectivity index is 2.31. The topological polar surface area (TPSA) is 55.1 Å². The molecular weight excluding hydrogens is 351 g/mol. The van der Waals surface area contributed by atoms with Gasteiger partial charge in [-0.2, -0.15) is 0 Å². The molecule has 0 saturated heterocycles. The summed E-state index contributed by atoms with van der Waals surface area (Å²) in [7, 11) is 0. The zero-order valence-corrected chi connectivity index (χ0v) is 13.6. The van der Waals surface area contributed by atoms with Crippen molar-refractivity contribution in [1.82, 2.24) is 0 Å². The SMILES string of the molecule is NC(=S)c1ccc(Cl)c(NC(=O)c2cc(Cl)cc(Cl)c2)c1. The first kappa shape index (κ1) is 16.0. The average molecular weight is 360 g/mol. The molecular formula is C14H9Cl3N2OS. The summed E-state index contributed by atoms with van der Waals surface area (Å²) in [6.07, 6.45) is 0. The second-order valence-electron chi connectivity index (χ2n) is 4.17. The largest absolute Gasteiger partial charge is 0.389 e. The van der Waals surface area contributed by atoms with E-state index in [9.17, 15) is 4.79 Å². The van der Waals surface area contributed by atoms with E-state index in [-0.39, 0.29) is 10.9 Å². The number of nitrogens with one attached hydrogen (secondary N) is 1. The van der Waals surface area contributed by atoms with Crippen LogP contribution in [-0.4, -0.2) is 10.9 Å². The summed E-state index contributed by atoms with van der Waals surface area (Å²) < 4.78 is 0. The van der Waals surface area contributed by atoms with Crippen LogP contribution in [0.3, 0.4) is 0 Å². The third kappa shape index (κ3) is 4.08. The number of carbonyl (C=O) groups excluding carboxylic acids is 1. The predicted octanol–water partition coefficient (Wildman–Crippen LogP) is 4.53. The highest BCUT2D eigenvalue weighted by molar-refractivity contribution is 7.80. The van der Waals surface area contributed by atoms with E-state index in [2.05, 4.69) is 5.32 Å². The Hall–Kier alpha value is -1.33. The molecule has 0 atom stereocenters. The minimum Gasteiger partial charge on any atom is -0.389 e. The molecule has 2 rings (SSSR count). The number of anilines is 1. The standard InChI is InChI=1S/C14H9Cl3N2OS/c15-9-3-8(4-10(16)6-9)14(20)19-12-5-7(13(18)21)1-2-11(12)17/h1-6H,(H2,18,21)(H,19,20). The van der Waals surface area contributed by atoms with Crippen molar-refractivity contribution in [2.45, 2.75) is 0 Å². The Bertz CT molecular complexity index is 714. The molecule has 0 fully saturated rings. The highest BCUT2D eigenvalue weighted by Gasteiger charge is 2.11. The van der Waals surface area contributed by atoms with E-state index in [0.717, 1.165) is 0 Å². The molecule has 0 aliphatic carbocycles. The van der Waals surface area contributed by atoms with Crippen molar-refractivity contribution in [2.75, 3.05) is 5.32 Å². The third-order valence-corrected chi connectivity index (χ3v) is 3.63. The molecule has 0 aromatic heterocycles. The van der Waals surface area contributed by atoms with E-state index in [1.807, 2.05) is 0 Å². The zero-order valence-electron chi connectivity index (χ0n) is 10.5. The number of benzene rings is 2. The smallest absolute Gasteiger partial charge is 0.255 e. The Morgan fingerprint density at radius 1 is 1.00 bits per heavy atom. The summed E-state index contributed by atoms with van der Waals surface area (Å²) in [4.78, 5) is 12.4. The van der Waals surface area contributed by atoms with Gasteiger partial charge >= 0.3 is 0 Å². The van der Waals surface area contributed by atoms with E-state index in [0.29, 0.717) is 31.9 Å². The molecule has 0 aliphatic heterocycles. The first-order chi connectivity index (χ1) is 9.86. The maximum absolute atomic E-state index is 12.2. The van der Waals surface area contributed by atoms with Crippen molar-refractivity contribution in [2.24, 2.45) is 5.73 Å². The lowest BCUT2D eigenvalue weighted by molar-refractivity contribution is 0.102. The van der Waals surface area contributed by atoms with Crippen molar-refractivity contribution < 1.29 is 4.79 Å². The van der Waals surface area contributed by atoms with Gasteiger partial charge in [-0.05, 0) is 30.3 Å². The van der Waals surface area contributed by atoms with Crippen LogP contribution in [0.1, 0.15) is 15.9 Å². The van der Waals surface area contributed by atoms with Crippen molar-refractivity contribution in [3.05, 3.63) is 62.6 Å². The van der Waals surface area contributed by atoms with Crippen LogP contribution in [-0.2, 0) is 0 Å². The summed E-state index contributed by atoms with van der Waals surface area (Å²) in [6, 6.07) is 9.45. The Morgan fingerprint density at radius 2 is 1.62 bits per heavy atom. The van der Waals surface area contributed by atoms with Crippen LogP contribution in [0.4, 0.5) is 5.69 Å². The summed E-state index contributed by atoms with van der Waals surface area (Å²) in [5.41, 5.74) is 6.89. The molecule has 0 saturated carbocycles. The number of thiocarbonyl (C=S) groups is 1. The quantitative estimate of drug-likeness (QED) is 0.791. The molecule has 7 heteroatoms. The number of rotatable bonds is 3. The molecule has 0 spiro atoms. The maximum atomic E-state index is 12.2. The Morgan fingerprint density at radius 3 is 2.19 bits per heavy atom. The second kappa shape index (κ2) is 6.62. The van der Waals surface area contributed by atoms with Gasteiger partial charge in [0.15, 0.2) is 0 Å². The highest BCUT2D eigenvalue weighted by atomic mass is 35.5. The number of halogens is 3. The van der Waals surface area contributed by atoms with Crippen LogP contribution in [0.25, 0.3) is 0 Å². The van der Waals surface area contributed by atoms with Crippen LogP contribution >= 0.6 is 47.0 Å². The Labute approximate surface area is 142 Å². The van der Waals surface area contributed by atoms with Crippen molar-refractivity contribution >= 4 is 63.6 Å². The van der Waals surface area contributed by atoms with Gasteiger partial charge < -0.3 is 11.1 Å². The van der Waals surface area contributed by atoms with Crippen LogP contribution < -0.4 is 11.1 Å². The molecule has 3 nitrogen and oxygen atoms in total. The molecule has 0 unspecified atom stereocenters. The van der Waals surface area contributed by atoms with Crippen molar-refractivity contribution in [1.29, 1.82) is 0 Å². The minimum absolute atomic E-state index is 0.216. The van der Waals surface area contributed by atoms with Gasteiger partial charge in [-0.25, -0.2) is 0 Å². The van der Waals surface area contributed by atoms with E-state index in [4.69, 9.17) is 52.8 Å². The van der Waals surface area contributed by atoms with E-state index in [1.165, 1.54) is 12.1 Å². The van der Waals surface area contributed by atoms with Gasteiger partial charge in [-0.3, -0.25) is 4.79 Å². The highest BCUT2D eigenvalue weighted by Crippen LogP contribution is 2.25. The molecule has 2 aromatic rings. The van der Waals surface area contributed by atoms with E-state index < -0.39 is 0 Å². The van der Waals surface area contributed by atoms with E-state index >= 15 is 0 Å². The van der Waals surface area contributed by atoms with Crippen LogP contribution in [0.5, 0.6) is 0 Å². The third-order valence-electron chi connectivity index (χ3n) is 2.62. The van der Waals surface area contributed by atoms with Gasteiger partial charge in [0.1, 0.15) is 4.99 Å². The molecule has 1 amide bonds. The fourth-order valence-electron chi connectivity index (χ4n) is 1.65. The number of nitrogens with two attached hydrogens (primary N) is 1. The van der Waals surface area contributed by atoms with Gasteiger partial charge in [0.05, 0.1) is 10.7 Å². The van der Waals surface area contributed by atoms with Gasteiger partial charge in [-0.1, -0.05) is 53.1 Å². The zero-order chi connectivity index (χ0) is 15.6. The monoisotopic (exact) mass is 358 g/mol. The van der Waals surface area contributed by atoms with Gasteiger partial charge in [0.2, 0.25) is 0 Å². The van der Waals surface area contributed by atoms with Crippen molar-refractivity contribution in [3.63, 3.8) is 0 Å². The molecule has 108 valence electrons. The minimum atomic E-state index is -0.388. The second-order valence-corrected chi connectivity index (χ2v) is 5.89. The molecule has 3 N–H and O–H groups in total. The lowest BCUT2D eigenvalue weighted by atomic mass is 10.1. The molecule has 0 aliphatic rings. The fourth-order valence-corrected chi connectivity index (χ4v) is 2.47. The molecule has 0 heterocycles. The number of hydrogen-bond donors (Lipinski definition) is 2. The van der Waals surface area contributed by atoms with Crippen LogP contribution in [0, 0.1) is 0 Å². The van der Waals surface area contributed by atoms with Gasteiger partial charge in [0, 0.05) is 21.2 Å². The lowest BCUT2D eigenvalue weighted by Gasteiger charge is -2.09. The number of hydrogen-bond acceptors (Lipinski definition) is 2. The Kier molecular flexibility index (Phi) is 5.06. The normalized spacial score (nSPS) is 10.2. The molecule has 2 aromatic carbocycles. The van der Waals surface area contributed by atoms with Crippen molar-refractivity contribution in [3.8, 4) is 0 Å². The van der Waals surface area contributed by atoms with Gasteiger partial charge in [-0.15, -0.1) is 0 Å². The predicted molar refractivity (Wildman–Crippen MR) is 91.8 cm³/mol. The summed E-state index contributed by atoms with van der Waals surface area (Å²) in [6.45, 7) is 0. The molecule has 0 radical (unpaired) electrons. The fraction of sp³-hybridized carbons (Fsp3) is 0. The number of carbonyl (C=O) groups is 1.